The van der Waals surface area contributed by atoms with Crippen LogP contribution in [0.2, 0.25) is 0 Å². The van der Waals surface area contributed by atoms with Crippen molar-refractivity contribution in [3.8, 4) is 0 Å². The molecular weight excluding hydrogens is 208 g/mol. The van der Waals surface area contributed by atoms with E-state index in [1.807, 2.05) is 13.8 Å². The van der Waals surface area contributed by atoms with Gasteiger partial charge in [-0.25, -0.2) is 0 Å². The van der Waals surface area contributed by atoms with Crippen molar-refractivity contribution in [2.45, 2.75) is 51.1 Å². The van der Waals surface area contributed by atoms with Crippen LogP contribution in [0.1, 0.15) is 39.5 Å². The van der Waals surface area contributed by atoms with Crippen LogP contribution in [0.15, 0.2) is 0 Å². The summed E-state index contributed by atoms with van der Waals surface area (Å²) in [6.07, 6.45) is 2.40. The molecule has 0 aromatic rings. The average molecular weight is 228 g/mol. The van der Waals surface area contributed by atoms with E-state index >= 15 is 0 Å². The molecule has 1 amide bonds. The van der Waals surface area contributed by atoms with Gasteiger partial charge in [0, 0.05) is 12.0 Å². The smallest absolute Gasteiger partial charge is 0.303 e. The molecule has 0 spiro atoms. The fourth-order valence-electron chi connectivity index (χ4n) is 1.81. The lowest BCUT2D eigenvalue weighted by molar-refractivity contribution is -0.138. The van der Waals surface area contributed by atoms with Crippen LogP contribution in [0.5, 0.6) is 0 Å². The summed E-state index contributed by atoms with van der Waals surface area (Å²) in [5, 5.41) is 14.6. The molecule has 1 rings (SSSR count). The van der Waals surface area contributed by atoms with E-state index in [1.165, 1.54) is 0 Å². The highest BCUT2D eigenvalue weighted by Gasteiger charge is 2.27. The van der Waals surface area contributed by atoms with Crippen LogP contribution in [-0.2, 0) is 9.59 Å². The number of nitrogens with one attached hydrogen (secondary N) is 2. The van der Waals surface area contributed by atoms with E-state index < -0.39 is 11.5 Å². The Balaban J connectivity index is 2.38. The Kier molecular flexibility index (Phi) is 4.29. The largest absolute Gasteiger partial charge is 0.481 e. The van der Waals surface area contributed by atoms with Gasteiger partial charge in [-0.15, -0.1) is 0 Å². The summed E-state index contributed by atoms with van der Waals surface area (Å²) in [5.41, 5.74) is -0.459. The Morgan fingerprint density at radius 1 is 1.50 bits per heavy atom. The molecular formula is C11H20N2O3. The van der Waals surface area contributed by atoms with Crippen molar-refractivity contribution in [3.63, 3.8) is 0 Å². The Bertz CT molecular complexity index is 270. The molecule has 0 aromatic heterocycles. The lowest BCUT2D eigenvalue weighted by Crippen LogP contribution is -2.50. The molecule has 0 bridgehead atoms. The van der Waals surface area contributed by atoms with Gasteiger partial charge in [0.15, 0.2) is 0 Å². The van der Waals surface area contributed by atoms with Gasteiger partial charge < -0.3 is 15.7 Å². The monoisotopic (exact) mass is 228 g/mol. The van der Waals surface area contributed by atoms with Crippen LogP contribution in [-0.4, -0.2) is 35.1 Å². The maximum atomic E-state index is 11.8. The standard InChI is InChI=1S/C11H20N2O3/c1-11(2,6-5-9(14)15)13-10(16)8-4-3-7-12-8/h8,12H,3-7H2,1-2H3,(H,13,16)(H,14,15)/t8-/m1/s1. The van der Waals surface area contributed by atoms with Crippen LogP contribution in [0.25, 0.3) is 0 Å². The average Bonchev–Trinajstić information content (AvgIpc) is 2.67. The zero-order valence-electron chi connectivity index (χ0n) is 9.88. The highest BCUT2D eigenvalue weighted by molar-refractivity contribution is 5.82. The van der Waals surface area contributed by atoms with Crippen molar-refractivity contribution in [1.82, 2.24) is 10.6 Å². The molecule has 1 saturated heterocycles. The molecule has 5 heteroatoms. The number of hydrogen-bond donors (Lipinski definition) is 3. The Hall–Kier alpha value is -1.10. The third kappa shape index (κ3) is 4.18. The van der Waals surface area contributed by atoms with Crippen LogP contribution < -0.4 is 10.6 Å². The van der Waals surface area contributed by atoms with Crippen LogP contribution in [0.4, 0.5) is 0 Å². The van der Waals surface area contributed by atoms with Crippen LogP contribution in [0.3, 0.4) is 0 Å². The number of amides is 1. The Morgan fingerprint density at radius 3 is 2.69 bits per heavy atom. The van der Waals surface area contributed by atoms with Crippen LogP contribution in [0, 0.1) is 0 Å². The molecule has 0 aliphatic carbocycles. The summed E-state index contributed by atoms with van der Waals surface area (Å²) in [6, 6.07) is -0.107. The van der Waals surface area contributed by atoms with E-state index in [2.05, 4.69) is 10.6 Å². The SMILES string of the molecule is CC(C)(CCC(=O)O)NC(=O)[C@H]1CCCN1. The number of carbonyl (C=O) groups excluding carboxylic acids is 1. The lowest BCUT2D eigenvalue weighted by Gasteiger charge is -2.27. The molecule has 1 atom stereocenters. The van der Waals surface area contributed by atoms with Crippen molar-refractivity contribution in [2.75, 3.05) is 6.54 Å². The van der Waals surface area contributed by atoms with E-state index in [0.717, 1.165) is 19.4 Å². The summed E-state index contributed by atoms with van der Waals surface area (Å²) in [6.45, 7) is 4.58. The summed E-state index contributed by atoms with van der Waals surface area (Å²) in [5.74, 6) is -0.853. The van der Waals surface area contributed by atoms with Gasteiger partial charge in [0.1, 0.15) is 0 Å². The van der Waals surface area contributed by atoms with Gasteiger partial charge in [-0.05, 0) is 39.7 Å². The maximum absolute atomic E-state index is 11.8. The summed E-state index contributed by atoms with van der Waals surface area (Å²) >= 11 is 0. The summed E-state index contributed by atoms with van der Waals surface area (Å²) in [7, 11) is 0. The number of carboxylic acids is 1. The molecule has 16 heavy (non-hydrogen) atoms. The van der Waals surface area contributed by atoms with Crippen molar-refractivity contribution in [1.29, 1.82) is 0 Å². The first-order chi connectivity index (χ1) is 7.41. The second kappa shape index (κ2) is 5.30. The van der Waals surface area contributed by atoms with E-state index in [9.17, 15) is 9.59 Å². The zero-order valence-corrected chi connectivity index (χ0v) is 9.88. The third-order valence-corrected chi connectivity index (χ3v) is 2.80. The fraction of sp³-hybridized carbons (Fsp3) is 0.818. The Morgan fingerprint density at radius 2 is 2.19 bits per heavy atom. The first-order valence-electron chi connectivity index (χ1n) is 5.68. The van der Waals surface area contributed by atoms with E-state index in [0.29, 0.717) is 6.42 Å². The van der Waals surface area contributed by atoms with Gasteiger partial charge in [-0.1, -0.05) is 0 Å². The van der Waals surface area contributed by atoms with Crippen LogP contribution >= 0.6 is 0 Å². The molecule has 1 fully saturated rings. The molecule has 1 aliphatic rings. The highest BCUT2D eigenvalue weighted by atomic mass is 16.4. The van der Waals surface area contributed by atoms with Gasteiger partial charge in [0.05, 0.1) is 6.04 Å². The second-order valence-corrected chi connectivity index (χ2v) is 4.92. The zero-order chi connectivity index (χ0) is 12.2. The minimum Gasteiger partial charge on any atom is -0.481 e. The topological polar surface area (TPSA) is 78.4 Å². The third-order valence-electron chi connectivity index (χ3n) is 2.80. The molecule has 5 nitrogen and oxygen atoms in total. The van der Waals surface area contributed by atoms with Crippen molar-refractivity contribution in [3.05, 3.63) is 0 Å². The van der Waals surface area contributed by atoms with E-state index in [1.54, 1.807) is 0 Å². The van der Waals surface area contributed by atoms with E-state index in [4.69, 9.17) is 5.11 Å². The number of carboxylic acid groups (broad SMARTS) is 1. The molecule has 1 aliphatic heterocycles. The first kappa shape index (κ1) is 13.0. The van der Waals surface area contributed by atoms with Gasteiger partial charge in [-0.2, -0.15) is 0 Å². The highest BCUT2D eigenvalue weighted by Crippen LogP contribution is 2.13. The molecule has 0 unspecified atom stereocenters. The summed E-state index contributed by atoms with van der Waals surface area (Å²) in [4.78, 5) is 22.2. The quantitative estimate of drug-likeness (QED) is 0.640. The van der Waals surface area contributed by atoms with Gasteiger partial charge in [-0.3, -0.25) is 9.59 Å². The lowest BCUT2D eigenvalue weighted by atomic mass is 9.97. The van der Waals surface area contributed by atoms with Crippen molar-refractivity contribution >= 4 is 11.9 Å². The maximum Gasteiger partial charge on any atom is 0.303 e. The first-order valence-corrected chi connectivity index (χ1v) is 5.68. The van der Waals surface area contributed by atoms with E-state index in [-0.39, 0.29) is 18.4 Å². The molecule has 0 saturated carbocycles. The molecule has 1 heterocycles. The normalized spacial score (nSPS) is 20.8. The molecule has 0 radical (unpaired) electrons. The Labute approximate surface area is 95.6 Å². The minimum atomic E-state index is -0.832. The predicted octanol–water partition coefficient (Wildman–Crippen LogP) is 0.498. The number of carbonyl (C=O) groups is 2. The molecule has 92 valence electrons. The van der Waals surface area contributed by atoms with Crippen molar-refractivity contribution in [2.24, 2.45) is 0 Å². The fourth-order valence-corrected chi connectivity index (χ4v) is 1.81. The van der Waals surface area contributed by atoms with Gasteiger partial charge in [0.25, 0.3) is 0 Å². The second-order valence-electron chi connectivity index (χ2n) is 4.92. The van der Waals surface area contributed by atoms with Gasteiger partial charge >= 0.3 is 5.97 Å². The predicted molar refractivity (Wildman–Crippen MR) is 60.1 cm³/mol. The number of hydrogen-bond acceptors (Lipinski definition) is 3. The number of aliphatic carboxylic acids is 1. The summed E-state index contributed by atoms with van der Waals surface area (Å²) < 4.78 is 0. The van der Waals surface area contributed by atoms with Crippen molar-refractivity contribution < 1.29 is 14.7 Å². The minimum absolute atomic E-state index is 0.0205. The number of rotatable bonds is 5. The van der Waals surface area contributed by atoms with Gasteiger partial charge in [0.2, 0.25) is 5.91 Å². The molecule has 0 aromatic carbocycles. The molecule has 3 N–H and O–H groups in total.